The molecular formula is C16H15BrN2O. The lowest BCUT2D eigenvalue weighted by molar-refractivity contribution is 0.0954. The molecule has 0 saturated carbocycles. The molecule has 4 heteroatoms. The molecule has 2 aromatic rings. The zero-order chi connectivity index (χ0) is 14.5. The van der Waals surface area contributed by atoms with Crippen LogP contribution in [0.25, 0.3) is 0 Å². The van der Waals surface area contributed by atoms with Gasteiger partial charge in [-0.2, -0.15) is 5.10 Å². The molecule has 0 atom stereocenters. The summed E-state index contributed by atoms with van der Waals surface area (Å²) < 4.78 is 1.01. The van der Waals surface area contributed by atoms with Crippen molar-refractivity contribution in [2.75, 3.05) is 0 Å². The van der Waals surface area contributed by atoms with E-state index in [9.17, 15) is 4.79 Å². The number of nitrogens with zero attached hydrogens (tertiary/aromatic N) is 1. The number of carbonyl (C=O) groups excluding carboxylic acids is 1. The van der Waals surface area contributed by atoms with Gasteiger partial charge >= 0.3 is 0 Å². The fourth-order valence-corrected chi connectivity index (χ4v) is 2.01. The standard InChI is InChI=1S/C16H15BrN2O/c1-11-4-3-5-14(10-11)16(20)19-18-12(2)13-6-8-15(17)9-7-13/h3-10H,1-2H3,(H,19,20). The molecule has 1 N–H and O–H groups in total. The first kappa shape index (κ1) is 14.5. The molecule has 0 heterocycles. The number of amides is 1. The van der Waals surface area contributed by atoms with Crippen LogP contribution in [-0.2, 0) is 0 Å². The Kier molecular flexibility index (Phi) is 4.69. The van der Waals surface area contributed by atoms with Gasteiger partial charge in [0.1, 0.15) is 0 Å². The second-order valence-electron chi connectivity index (χ2n) is 4.51. The molecule has 0 spiro atoms. The number of hydrogen-bond donors (Lipinski definition) is 1. The molecule has 0 saturated heterocycles. The van der Waals surface area contributed by atoms with Gasteiger partial charge in [-0.3, -0.25) is 4.79 Å². The molecule has 3 nitrogen and oxygen atoms in total. The van der Waals surface area contributed by atoms with Crippen molar-refractivity contribution in [3.8, 4) is 0 Å². The highest BCUT2D eigenvalue weighted by atomic mass is 79.9. The minimum atomic E-state index is -0.204. The molecule has 0 aromatic heterocycles. The number of nitrogens with one attached hydrogen (secondary N) is 1. The molecular weight excluding hydrogens is 316 g/mol. The summed E-state index contributed by atoms with van der Waals surface area (Å²) in [6.45, 7) is 3.81. The van der Waals surface area contributed by atoms with E-state index in [1.54, 1.807) is 6.07 Å². The van der Waals surface area contributed by atoms with Crippen LogP contribution in [-0.4, -0.2) is 11.6 Å². The number of hydrazone groups is 1. The molecule has 0 unspecified atom stereocenters. The van der Waals surface area contributed by atoms with E-state index >= 15 is 0 Å². The number of aryl methyl sites for hydroxylation is 1. The third kappa shape index (κ3) is 3.78. The van der Waals surface area contributed by atoms with Crippen molar-refractivity contribution in [1.29, 1.82) is 0 Å². The molecule has 0 aliphatic heterocycles. The third-order valence-electron chi connectivity index (χ3n) is 2.87. The van der Waals surface area contributed by atoms with Gasteiger partial charge in [0.25, 0.3) is 5.91 Å². The minimum Gasteiger partial charge on any atom is -0.267 e. The summed E-state index contributed by atoms with van der Waals surface area (Å²) in [5, 5.41) is 4.13. The predicted octanol–water partition coefficient (Wildman–Crippen LogP) is 3.91. The van der Waals surface area contributed by atoms with E-state index in [-0.39, 0.29) is 5.91 Å². The Hall–Kier alpha value is -1.94. The summed E-state index contributed by atoms with van der Waals surface area (Å²) >= 11 is 3.38. The van der Waals surface area contributed by atoms with Crippen molar-refractivity contribution >= 4 is 27.5 Å². The van der Waals surface area contributed by atoms with Gasteiger partial charge in [-0.25, -0.2) is 5.43 Å². The quantitative estimate of drug-likeness (QED) is 0.672. The number of benzene rings is 2. The number of halogens is 1. The van der Waals surface area contributed by atoms with Gasteiger partial charge in [0.05, 0.1) is 5.71 Å². The molecule has 0 aliphatic carbocycles. The summed E-state index contributed by atoms with van der Waals surface area (Å²) in [6, 6.07) is 15.2. The Morgan fingerprint density at radius 2 is 1.80 bits per heavy atom. The van der Waals surface area contributed by atoms with Crippen molar-refractivity contribution in [2.24, 2.45) is 5.10 Å². The predicted molar refractivity (Wildman–Crippen MR) is 85.0 cm³/mol. The summed E-state index contributed by atoms with van der Waals surface area (Å²) in [7, 11) is 0. The minimum absolute atomic E-state index is 0.204. The van der Waals surface area contributed by atoms with Crippen LogP contribution in [0.15, 0.2) is 58.1 Å². The van der Waals surface area contributed by atoms with Gasteiger partial charge in [-0.05, 0) is 43.7 Å². The van der Waals surface area contributed by atoms with E-state index in [1.807, 2.05) is 56.3 Å². The highest BCUT2D eigenvalue weighted by molar-refractivity contribution is 9.10. The first-order valence-corrected chi connectivity index (χ1v) is 7.03. The SMILES string of the molecule is CC(=NNC(=O)c1cccc(C)c1)c1ccc(Br)cc1. The molecule has 102 valence electrons. The van der Waals surface area contributed by atoms with E-state index in [0.29, 0.717) is 5.56 Å². The van der Waals surface area contributed by atoms with Crippen LogP contribution in [0.3, 0.4) is 0 Å². The van der Waals surface area contributed by atoms with Gasteiger partial charge in [0, 0.05) is 10.0 Å². The Balaban J connectivity index is 2.08. The summed E-state index contributed by atoms with van der Waals surface area (Å²) in [6.07, 6.45) is 0. The molecule has 20 heavy (non-hydrogen) atoms. The lowest BCUT2D eigenvalue weighted by atomic mass is 10.1. The zero-order valence-electron chi connectivity index (χ0n) is 11.4. The normalized spacial score (nSPS) is 11.2. The maximum Gasteiger partial charge on any atom is 0.271 e. The van der Waals surface area contributed by atoms with Crippen LogP contribution in [0.4, 0.5) is 0 Å². The average molecular weight is 331 g/mol. The lowest BCUT2D eigenvalue weighted by Crippen LogP contribution is -2.19. The topological polar surface area (TPSA) is 41.5 Å². The fourth-order valence-electron chi connectivity index (χ4n) is 1.74. The molecule has 0 radical (unpaired) electrons. The molecule has 0 aliphatic rings. The van der Waals surface area contributed by atoms with Crippen molar-refractivity contribution in [1.82, 2.24) is 5.43 Å². The van der Waals surface area contributed by atoms with Crippen LogP contribution in [0, 0.1) is 6.92 Å². The molecule has 0 fully saturated rings. The van der Waals surface area contributed by atoms with Crippen LogP contribution >= 0.6 is 15.9 Å². The third-order valence-corrected chi connectivity index (χ3v) is 3.40. The van der Waals surface area contributed by atoms with Gasteiger partial charge < -0.3 is 0 Å². The van der Waals surface area contributed by atoms with E-state index in [2.05, 4.69) is 26.5 Å². The summed E-state index contributed by atoms with van der Waals surface area (Å²) in [5.74, 6) is -0.204. The zero-order valence-corrected chi connectivity index (χ0v) is 12.9. The van der Waals surface area contributed by atoms with Gasteiger partial charge in [-0.1, -0.05) is 45.8 Å². The summed E-state index contributed by atoms with van der Waals surface area (Å²) in [4.78, 5) is 12.0. The first-order valence-electron chi connectivity index (χ1n) is 6.23. The number of carbonyl (C=O) groups is 1. The highest BCUT2D eigenvalue weighted by Crippen LogP contribution is 2.11. The fraction of sp³-hybridized carbons (Fsp3) is 0.125. The summed E-state index contributed by atoms with van der Waals surface area (Å²) in [5.41, 5.74) is 5.97. The monoisotopic (exact) mass is 330 g/mol. The van der Waals surface area contributed by atoms with Crippen LogP contribution in [0.5, 0.6) is 0 Å². The smallest absolute Gasteiger partial charge is 0.267 e. The maximum absolute atomic E-state index is 12.0. The van der Waals surface area contributed by atoms with Crippen molar-refractivity contribution in [3.63, 3.8) is 0 Å². The van der Waals surface area contributed by atoms with Crippen molar-refractivity contribution < 1.29 is 4.79 Å². The van der Waals surface area contributed by atoms with Crippen LogP contribution < -0.4 is 5.43 Å². The van der Waals surface area contributed by atoms with Gasteiger partial charge in [-0.15, -0.1) is 0 Å². The second kappa shape index (κ2) is 6.48. The largest absolute Gasteiger partial charge is 0.271 e. The molecule has 1 amide bonds. The van der Waals surface area contributed by atoms with Crippen LogP contribution in [0.2, 0.25) is 0 Å². The number of hydrogen-bond acceptors (Lipinski definition) is 2. The van der Waals surface area contributed by atoms with E-state index in [1.165, 1.54) is 0 Å². The molecule has 0 bridgehead atoms. The van der Waals surface area contributed by atoms with Gasteiger partial charge in [0.2, 0.25) is 0 Å². The van der Waals surface area contributed by atoms with Crippen LogP contribution in [0.1, 0.15) is 28.4 Å². The van der Waals surface area contributed by atoms with E-state index < -0.39 is 0 Å². The second-order valence-corrected chi connectivity index (χ2v) is 5.43. The highest BCUT2D eigenvalue weighted by Gasteiger charge is 2.04. The number of rotatable bonds is 3. The van der Waals surface area contributed by atoms with Crippen molar-refractivity contribution in [3.05, 3.63) is 69.7 Å². The van der Waals surface area contributed by atoms with Crippen molar-refractivity contribution in [2.45, 2.75) is 13.8 Å². The lowest BCUT2D eigenvalue weighted by Gasteiger charge is -2.04. The Morgan fingerprint density at radius 3 is 2.45 bits per heavy atom. The Labute approximate surface area is 126 Å². The van der Waals surface area contributed by atoms with Gasteiger partial charge in [0.15, 0.2) is 0 Å². The molecule has 2 rings (SSSR count). The average Bonchev–Trinajstić information content (AvgIpc) is 2.45. The maximum atomic E-state index is 12.0. The Bertz CT molecular complexity index is 648. The first-order chi connectivity index (χ1) is 9.56. The van der Waals surface area contributed by atoms with E-state index in [0.717, 1.165) is 21.3 Å². The van der Waals surface area contributed by atoms with E-state index in [4.69, 9.17) is 0 Å². The molecule has 2 aromatic carbocycles. The Morgan fingerprint density at radius 1 is 1.10 bits per heavy atom.